The molecule has 4 heterocycles. The van der Waals surface area contributed by atoms with Gasteiger partial charge < -0.3 is 9.74 Å². The average Bonchev–Trinajstić information content (AvgIpc) is 3.40. The zero-order chi connectivity index (χ0) is 18.9. The van der Waals surface area contributed by atoms with E-state index >= 15 is 0 Å². The largest absolute Gasteiger partial charge is 0.389 e. The number of benzene rings is 1. The summed E-state index contributed by atoms with van der Waals surface area (Å²) in [5.74, 6) is 1.61. The lowest BCUT2D eigenvalue weighted by Crippen LogP contribution is -2.50. The molecule has 0 bridgehead atoms. The van der Waals surface area contributed by atoms with Gasteiger partial charge >= 0.3 is 0 Å². The van der Waals surface area contributed by atoms with Crippen molar-refractivity contribution < 1.29 is 4.84 Å². The lowest BCUT2D eigenvalue weighted by molar-refractivity contribution is 0.0743. The zero-order valence-corrected chi connectivity index (χ0v) is 17.3. The Labute approximate surface area is 171 Å². The Morgan fingerprint density at radius 1 is 1.00 bits per heavy atom. The van der Waals surface area contributed by atoms with Gasteiger partial charge in [-0.05, 0) is 29.5 Å². The molecule has 148 valence electrons. The van der Waals surface area contributed by atoms with E-state index in [-0.39, 0.29) is 6.10 Å². The number of amidine groups is 1. The van der Waals surface area contributed by atoms with Crippen LogP contribution in [0.5, 0.6) is 0 Å². The van der Waals surface area contributed by atoms with Crippen LogP contribution in [0.25, 0.3) is 0 Å². The molecular formula is C22H28N4OS. The van der Waals surface area contributed by atoms with Crippen molar-refractivity contribution in [3.63, 3.8) is 0 Å². The number of aryl methyl sites for hydroxylation is 1. The van der Waals surface area contributed by atoms with Crippen molar-refractivity contribution >= 4 is 17.2 Å². The first-order valence-corrected chi connectivity index (χ1v) is 11.1. The third-order valence-corrected chi connectivity index (χ3v) is 7.24. The molecule has 5 nitrogen and oxygen atoms in total. The van der Waals surface area contributed by atoms with Crippen LogP contribution in [0.2, 0.25) is 0 Å². The molecule has 28 heavy (non-hydrogen) atoms. The number of hydrogen-bond acceptors (Lipinski definition) is 6. The molecule has 1 aromatic heterocycles. The lowest BCUT2D eigenvalue weighted by Gasteiger charge is -2.36. The molecule has 5 rings (SSSR count). The van der Waals surface area contributed by atoms with Gasteiger partial charge in [-0.15, -0.1) is 11.3 Å². The Hall–Kier alpha value is -1.89. The second-order valence-electron chi connectivity index (χ2n) is 8.17. The quantitative estimate of drug-likeness (QED) is 0.795. The third-order valence-electron chi connectivity index (χ3n) is 6.24. The minimum absolute atomic E-state index is 0.227. The van der Waals surface area contributed by atoms with Gasteiger partial charge in [-0.2, -0.15) is 0 Å². The monoisotopic (exact) mass is 396 g/mol. The number of nitrogens with zero attached hydrogens (tertiary/aromatic N) is 4. The maximum atomic E-state index is 5.83. The molecule has 0 radical (unpaired) electrons. The Morgan fingerprint density at radius 2 is 1.82 bits per heavy atom. The summed E-state index contributed by atoms with van der Waals surface area (Å²) >= 11 is 1.88. The Balaban J connectivity index is 1.15. The van der Waals surface area contributed by atoms with E-state index in [0.717, 1.165) is 52.4 Å². The van der Waals surface area contributed by atoms with Gasteiger partial charge in [-0.25, -0.2) is 0 Å². The molecule has 0 aliphatic carbocycles. The molecule has 6 heteroatoms. The summed E-state index contributed by atoms with van der Waals surface area (Å²) < 4.78 is 0. The van der Waals surface area contributed by atoms with Gasteiger partial charge in [-0.1, -0.05) is 35.5 Å². The highest BCUT2D eigenvalue weighted by Gasteiger charge is 2.44. The van der Waals surface area contributed by atoms with Crippen LogP contribution in [-0.2, 0) is 17.9 Å². The standard InChI is InChI=1S/C22H28N4OS/c1-17-7-12-28-21(17)16-24-8-10-26(11-9-24)22-19-14-25(15-20(19)27-23-22)13-18-5-3-2-4-6-18/h2-7,12,19-20H,8-11,13-16H2,1H3/t19-,20+/m1/s1. The molecule has 2 aromatic rings. The van der Waals surface area contributed by atoms with E-state index in [0.29, 0.717) is 5.92 Å². The van der Waals surface area contributed by atoms with Crippen molar-refractivity contribution in [1.29, 1.82) is 0 Å². The molecule has 2 saturated heterocycles. The summed E-state index contributed by atoms with van der Waals surface area (Å²) in [5, 5.41) is 6.70. The number of thiophene rings is 1. The molecule has 2 fully saturated rings. The van der Waals surface area contributed by atoms with Crippen LogP contribution in [0.1, 0.15) is 16.0 Å². The molecule has 0 spiro atoms. The molecule has 0 unspecified atom stereocenters. The smallest absolute Gasteiger partial charge is 0.152 e. The van der Waals surface area contributed by atoms with Crippen LogP contribution >= 0.6 is 11.3 Å². The number of oxime groups is 1. The second kappa shape index (κ2) is 7.85. The first-order valence-electron chi connectivity index (χ1n) is 10.3. The van der Waals surface area contributed by atoms with E-state index in [1.165, 1.54) is 21.8 Å². The minimum Gasteiger partial charge on any atom is -0.389 e. The van der Waals surface area contributed by atoms with Crippen molar-refractivity contribution in [2.24, 2.45) is 11.1 Å². The predicted molar refractivity (Wildman–Crippen MR) is 113 cm³/mol. The molecule has 3 aliphatic heterocycles. The molecule has 0 saturated carbocycles. The highest BCUT2D eigenvalue weighted by molar-refractivity contribution is 7.10. The molecule has 2 atom stereocenters. The van der Waals surface area contributed by atoms with Crippen molar-refractivity contribution in [3.05, 3.63) is 57.8 Å². The van der Waals surface area contributed by atoms with Crippen LogP contribution in [0.4, 0.5) is 0 Å². The fraction of sp³-hybridized carbons (Fsp3) is 0.500. The van der Waals surface area contributed by atoms with E-state index < -0.39 is 0 Å². The van der Waals surface area contributed by atoms with Crippen LogP contribution in [0, 0.1) is 12.8 Å². The van der Waals surface area contributed by atoms with Crippen LogP contribution in [0.15, 0.2) is 46.9 Å². The van der Waals surface area contributed by atoms with Crippen molar-refractivity contribution in [3.8, 4) is 0 Å². The maximum absolute atomic E-state index is 5.83. The molecule has 0 N–H and O–H groups in total. The average molecular weight is 397 g/mol. The maximum Gasteiger partial charge on any atom is 0.152 e. The third kappa shape index (κ3) is 3.69. The number of likely N-dealkylation sites (tertiary alicyclic amines) is 1. The Morgan fingerprint density at radius 3 is 2.57 bits per heavy atom. The summed E-state index contributed by atoms with van der Waals surface area (Å²) in [5.41, 5.74) is 2.80. The fourth-order valence-corrected chi connectivity index (χ4v) is 5.51. The zero-order valence-electron chi connectivity index (χ0n) is 16.5. The van der Waals surface area contributed by atoms with Crippen molar-refractivity contribution in [1.82, 2.24) is 14.7 Å². The molecule has 3 aliphatic rings. The van der Waals surface area contributed by atoms with Gasteiger partial charge in [0.2, 0.25) is 0 Å². The van der Waals surface area contributed by atoms with Gasteiger partial charge in [0.05, 0.1) is 5.92 Å². The number of piperazine rings is 1. The summed E-state index contributed by atoms with van der Waals surface area (Å²) in [6.07, 6.45) is 0.227. The van der Waals surface area contributed by atoms with E-state index in [9.17, 15) is 0 Å². The summed E-state index contributed by atoms with van der Waals surface area (Å²) in [6.45, 7) is 10.6. The normalized spacial score (nSPS) is 25.6. The van der Waals surface area contributed by atoms with E-state index in [2.05, 4.69) is 68.6 Å². The SMILES string of the molecule is Cc1ccsc1CN1CCN(C2=NO[C@H]3CN(Cc4ccccc4)C[C@@H]23)CC1. The van der Waals surface area contributed by atoms with Gasteiger partial charge in [0.15, 0.2) is 11.9 Å². The number of rotatable bonds is 4. The van der Waals surface area contributed by atoms with Gasteiger partial charge in [0.25, 0.3) is 0 Å². The van der Waals surface area contributed by atoms with Gasteiger partial charge in [0.1, 0.15) is 0 Å². The predicted octanol–water partition coefficient (Wildman–Crippen LogP) is 3.02. The van der Waals surface area contributed by atoms with E-state index in [1.807, 2.05) is 11.3 Å². The van der Waals surface area contributed by atoms with Crippen LogP contribution in [0.3, 0.4) is 0 Å². The molecular weight excluding hydrogens is 368 g/mol. The Kier molecular flexibility index (Phi) is 5.09. The van der Waals surface area contributed by atoms with Crippen LogP contribution in [-0.4, -0.2) is 65.9 Å². The highest BCUT2D eigenvalue weighted by atomic mass is 32.1. The first-order chi connectivity index (χ1) is 13.8. The second-order valence-corrected chi connectivity index (χ2v) is 9.17. The van der Waals surface area contributed by atoms with E-state index in [1.54, 1.807) is 0 Å². The Bertz CT molecular complexity index is 828. The lowest BCUT2D eigenvalue weighted by atomic mass is 10.0. The van der Waals surface area contributed by atoms with E-state index in [4.69, 9.17) is 4.84 Å². The van der Waals surface area contributed by atoms with Crippen LogP contribution < -0.4 is 0 Å². The molecule has 1 aromatic carbocycles. The van der Waals surface area contributed by atoms with Crippen molar-refractivity contribution in [2.75, 3.05) is 39.3 Å². The number of hydrogen-bond donors (Lipinski definition) is 0. The fourth-order valence-electron chi connectivity index (χ4n) is 4.56. The summed E-state index contributed by atoms with van der Waals surface area (Å²) in [4.78, 5) is 14.9. The number of fused-ring (bicyclic) bond motifs is 1. The summed E-state index contributed by atoms with van der Waals surface area (Å²) in [6, 6.07) is 13.0. The summed E-state index contributed by atoms with van der Waals surface area (Å²) in [7, 11) is 0. The van der Waals surface area contributed by atoms with Gasteiger partial charge in [-0.3, -0.25) is 9.80 Å². The minimum atomic E-state index is 0.227. The van der Waals surface area contributed by atoms with Crippen molar-refractivity contribution in [2.45, 2.75) is 26.1 Å². The highest BCUT2D eigenvalue weighted by Crippen LogP contribution is 2.30. The van der Waals surface area contributed by atoms with Gasteiger partial charge in [0, 0.05) is 57.2 Å². The molecule has 0 amide bonds. The first kappa shape index (κ1) is 18.2. The topological polar surface area (TPSA) is 31.3 Å².